The molecule has 1 aliphatic heterocycles. The van der Waals surface area contributed by atoms with Crippen molar-refractivity contribution in [1.29, 1.82) is 0 Å². The molecule has 2 amide bonds. The zero-order valence-corrected chi connectivity index (χ0v) is 19.2. The average Bonchev–Trinajstić information content (AvgIpc) is 3.29. The molecule has 1 unspecified atom stereocenters. The first-order chi connectivity index (χ1) is 17.7. The van der Waals surface area contributed by atoms with Crippen molar-refractivity contribution in [3.8, 4) is 5.75 Å². The third kappa shape index (κ3) is 4.98. The Bertz CT molecular complexity index is 1500. The number of fused-ring (bicyclic) bond motifs is 2. The fourth-order valence-corrected chi connectivity index (χ4v) is 3.77. The number of H-pyrrole nitrogens is 1. The maximum atomic E-state index is 12.9. The van der Waals surface area contributed by atoms with Crippen LogP contribution in [-0.4, -0.2) is 43.6 Å². The van der Waals surface area contributed by atoms with Crippen LogP contribution in [0.25, 0.3) is 11.0 Å². The van der Waals surface area contributed by atoms with E-state index in [4.69, 9.17) is 4.74 Å². The van der Waals surface area contributed by atoms with Gasteiger partial charge in [0.15, 0.2) is 18.1 Å². The molecule has 4 aromatic rings. The monoisotopic (exact) mass is 512 g/mol. The molecule has 0 bridgehead atoms. The first-order valence-corrected chi connectivity index (χ1v) is 11.0. The van der Waals surface area contributed by atoms with Crippen LogP contribution in [0.4, 0.5) is 24.7 Å². The van der Waals surface area contributed by atoms with Crippen LogP contribution < -0.4 is 20.7 Å². The van der Waals surface area contributed by atoms with Crippen LogP contribution >= 0.6 is 0 Å². The number of hydrogen-bond acceptors (Lipinski definition) is 8. The Hall–Kier alpha value is -4.75. The number of aromatic amines is 1. The molecule has 14 heteroatoms. The molecule has 0 radical (unpaired) electrons. The molecular formula is C23H19F3N8O3. The summed E-state index contributed by atoms with van der Waals surface area (Å²) in [6.45, 7) is 1.68. The lowest BCUT2D eigenvalue weighted by molar-refractivity contribution is -0.141. The molecule has 37 heavy (non-hydrogen) atoms. The van der Waals surface area contributed by atoms with Crippen molar-refractivity contribution in [3.63, 3.8) is 0 Å². The normalized spacial score (nSPS) is 13.9. The molecule has 4 N–H and O–H groups in total. The largest absolute Gasteiger partial charge is 0.482 e. The van der Waals surface area contributed by atoms with E-state index in [0.717, 1.165) is 17.8 Å². The smallest absolute Gasteiger partial charge is 0.433 e. The predicted molar refractivity (Wildman–Crippen MR) is 125 cm³/mol. The van der Waals surface area contributed by atoms with Crippen LogP contribution in [0.2, 0.25) is 0 Å². The second-order valence-corrected chi connectivity index (χ2v) is 8.21. The van der Waals surface area contributed by atoms with E-state index in [0.29, 0.717) is 22.8 Å². The third-order valence-corrected chi connectivity index (χ3v) is 5.62. The fourth-order valence-electron chi connectivity index (χ4n) is 3.77. The van der Waals surface area contributed by atoms with Crippen molar-refractivity contribution in [3.05, 3.63) is 65.4 Å². The number of hydrogen-bond donors (Lipinski definition) is 4. The first kappa shape index (κ1) is 24.0. The van der Waals surface area contributed by atoms with Crippen LogP contribution in [0.3, 0.4) is 0 Å². The standard InChI is InChI=1S/C23H19F3N8O3/c1-11(13-2-3-15-14(7-13)32-17(35)9-37-15)31-21-19-18(33-34-21)20(30-10-29-19)22(36)28-8-12-4-5-27-16(6-12)23(24,25)26/h2-7,10-11H,8-9H2,1H3,(H,28,36)(H,32,35)(H2,31,33,34). The van der Waals surface area contributed by atoms with Gasteiger partial charge < -0.3 is 20.7 Å². The number of alkyl halides is 3. The van der Waals surface area contributed by atoms with Gasteiger partial charge in [-0.2, -0.15) is 18.3 Å². The van der Waals surface area contributed by atoms with E-state index in [9.17, 15) is 22.8 Å². The van der Waals surface area contributed by atoms with Gasteiger partial charge in [0.1, 0.15) is 28.8 Å². The summed E-state index contributed by atoms with van der Waals surface area (Å²) in [5, 5.41) is 15.5. The topological polar surface area (TPSA) is 147 Å². The van der Waals surface area contributed by atoms with Crippen LogP contribution in [0.1, 0.15) is 40.3 Å². The number of nitrogens with one attached hydrogen (secondary N) is 4. The number of halogens is 3. The van der Waals surface area contributed by atoms with Gasteiger partial charge in [0.2, 0.25) is 0 Å². The quantitative estimate of drug-likeness (QED) is 0.308. The summed E-state index contributed by atoms with van der Waals surface area (Å²) in [5.41, 5.74) is 1.17. The van der Waals surface area contributed by atoms with Crippen molar-refractivity contribution in [2.24, 2.45) is 0 Å². The van der Waals surface area contributed by atoms with Gasteiger partial charge in [-0.3, -0.25) is 19.7 Å². The Morgan fingerprint density at radius 2 is 2.03 bits per heavy atom. The highest BCUT2D eigenvalue weighted by Crippen LogP contribution is 2.32. The summed E-state index contributed by atoms with van der Waals surface area (Å²) >= 11 is 0. The predicted octanol–water partition coefficient (Wildman–Crippen LogP) is 3.20. The Balaban J connectivity index is 1.31. The van der Waals surface area contributed by atoms with Gasteiger partial charge in [-0.25, -0.2) is 9.97 Å². The van der Waals surface area contributed by atoms with Gasteiger partial charge >= 0.3 is 6.18 Å². The molecule has 1 aliphatic rings. The first-order valence-electron chi connectivity index (χ1n) is 11.0. The van der Waals surface area contributed by atoms with Crippen molar-refractivity contribution in [2.45, 2.75) is 25.7 Å². The molecule has 0 fully saturated rings. The summed E-state index contributed by atoms with van der Waals surface area (Å²) in [6, 6.07) is 7.38. The zero-order chi connectivity index (χ0) is 26.2. The third-order valence-electron chi connectivity index (χ3n) is 5.62. The number of aromatic nitrogens is 5. The van der Waals surface area contributed by atoms with Gasteiger partial charge in [-0.05, 0) is 42.3 Å². The molecule has 1 aromatic carbocycles. The van der Waals surface area contributed by atoms with E-state index in [1.54, 1.807) is 12.1 Å². The SMILES string of the molecule is CC(Nc1n[nH]c2c(C(=O)NCc3ccnc(C(F)(F)F)c3)ncnc12)c1ccc2c(c1)NC(=O)CO2. The van der Waals surface area contributed by atoms with E-state index in [2.05, 4.69) is 41.1 Å². The van der Waals surface area contributed by atoms with Crippen molar-refractivity contribution >= 4 is 34.4 Å². The molecule has 1 atom stereocenters. The Morgan fingerprint density at radius 3 is 2.84 bits per heavy atom. The Labute approximate surface area is 206 Å². The van der Waals surface area contributed by atoms with Crippen LogP contribution in [0.5, 0.6) is 5.75 Å². The molecule has 4 heterocycles. The van der Waals surface area contributed by atoms with Gasteiger partial charge in [0.05, 0.1) is 11.7 Å². The summed E-state index contributed by atoms with van der Waals surface area (Å²) in [4.78, 5) is 35.9. The maximum absolute atomic E-state index is 12.9. The Morgan fingerprint density at radius 1 is 1.19 bits per heavy atom. The van der Waals surface area contributed by atoms with Gasteiger partial charge in [-0.1, -0.05) is 6.07 Å². The van der Waals surface area contributed by atoms with Gasteiger partial charge in [-0.15, -0.1) is 0 Å². The molecular weight excluding hydrogens is 493 g/mol. The number of benzene rings is 1. The molecule has 5 rings (SSSR count). The molecule has 3 aromatic heterocycles. The summed E-state index contributed by atoms with van der Waals surface area (Å²) < 4.78 is 44.1. The number of rotatable bonds is 6. The van der Waals surface area contributed by atoms with Crippen molar-refractivity contribution < 1.29 is 27.5 Å². The number of carbonyl (C=O) groups excluding carboxylic acids is 2. The molecule has 0 spiro atoms. The van der Waals surface area contributed by atoms with E-state index in [1.165, 1.54) is 12.4 Å². The highest BCUT2D eigenvalue weighted by atomic mass is 19.4. The number of pyridine rings is 1. The second kappa shape index (κ2) is 9.37. The highest BCUT2D eigenvalue weighted by molar-refractivity contribution is 6.04. The van der Waals surface area contributed by atoms with Gasteiger partial charge in [0, 0.05) is 12.7 Å². The van der Waals surface area contributed by atoms with E-state index < -0.39 is 17.8 Å². The van der Waals surface area contributed by atoms with Crippen LogP contribution in [0, 0.1) is 0 Å². The van der Waals surface area contributed by atoms with E-state index in [-0.39, 0.29) is 41.9 Å². The lowest BCUT2D eigenvalue weighted by atomic mass is 10.1. The highest BCUT2D eigenvalue weighted by Gasteiger charge is 2.32. The van der Waals surface area contributed by atoms with Crippen LogP contribution in [0.15, 0.2) is 42.9 Å². The maximum Gasteiger partial charge on any atom is 0.433 e. The van der Waals surface area contributed by atoms with Crippen molar-refractivity contribution in [1.82, 2.24) is 30.5 Å². The van der Waals surface area contributed by atoms with Crippen molar-refractivity contribution in [2.75, 3.05) is 17.2 Å². The number of anilines is 2. The molecule has 11 nitrogen and oxygen atoms in total. The number of nitrogens with zero attached hydrogens (tertiary/aromatic N) is 4. The molecule has 0 saturated carbocycles. The fraction of sp³-hybridized carbons (Fsp3) is 0.217. The second-order valence-electron chi connectivity index (χ2n) is 8.21. The Kier molecular flexibility index (Phi) is 6.07. The van der Waals surface area contributed by atoms with E-state index >= 15 is 0 Å². The zero-order valence-electron chi connectivity index (χ0n) is 19.2. The lowest BCUT2D eigenvalue weighted by Gasteiger charge is -2.20. The minimum absolute atomic E-state index is 0.0167. The molecule has 0 saturated heterocycles. The number of ether oxygens (including phenoxy) is 1. The lowest BCUT2D eigenvalue weighted by Crippen LogP contribution is -2.25. The van der Waals surface area contributed by atoms with Gasteiger partial charge in [0.25, 0.3) is 11.8 Å². The minimum Gasteiger partial charge on any atom is -0.482 e. The average molecular weight is 512 g/mol. The molecule has 0 aliphatic carbocycles. The number of amides is 2. The number of carbonyl (C=O) groups is 2. The van der Waals surface area contributed by atoms with E-state index in [1.807, 2.05) is 13.0 Å². The summed E-state index contributed by atoms with van der Waals surface area (Å²) in [5.74, 6) is 0.0775. The summed E-state index contributed by atoms with van der Waals surface area (Å²) in [6.07, 6.45) is -2.36. The summed E-state index contributed by atoms with van der Waals surface area (Å²) in [7, 11) is 0. The van der Waals surface area contributed by atoms with Crippen LogP contribution in [-0.2, 0) is 17.5 Å². The molecule has 190 valence electrons. The minimum atomic E-state index is -4.59.